The van der Waals surface area contributed by atoms with Crippen molar-refractivity contribution in [3.05, 3.63) is 16.4 Å². The van der Waals surface area contributed by atoms with E-state index in [2.05, 4.69) is 21.6 Å². The van der Waals surface area contributed by atoms with E-state index in [0.717, 1.165) is 6.42 Å². The Hall–Kier alpha value is -1.06. The molecule has 1 aromatic rings. The highest BCUT2D eigenvalue weighted by Gasteiger charge is 2.37. The second-order valence-corrected chi connectivity index (χ2v) is 2.80. The molecule has 1 aliphatic rings. The minimum absolute atomic E-state index is 0.437. The highest BCUT2D eigenvalue weighted by Crippen LogP contribution is 2.44. The van der Waals surface area contributed by atoms with E-state index in [1.54, 1.807) is 0 Å². The van der Waals surface area contributed by atoms with Crippen LogP contribution in [0.2, 0.25) is 0 Å². The Balaban J connectivity index is 2.27. The Kier molecular flexibility index (Phi) is 0.977. The molecule has 1 aliphatic carbocycles. The number of nitrogens with zero attached hydrogens (tertiary/aromatic N) is 1. The van der Waals surface area contributed by atoms with Gasteiger partial charge in [-0.15, -0.1) is 0 Å². The van der Waals surface area contributed by atoms with Gasteiger partial charge in [-0.2, -0.15) is 0 Å². The van der Waals surface area contributed by atoms with Gasteiger partial charge in [-0.25, -0.2) is 4.79 Å². The smallest absolute Gasteiger partial charge is 0.296 e. The van der Waals surface area contributed by atoms with Crippen molar-refractivity contribution < 1.29 is 4.52 Å². The van der Waals surface area contributed by atoms with E-state index in [4.69, 9.17) is 0 Å². The molecular formula is C6H8N2O2. The lowest BCUT2D eigenvalue weighted by atomic mass is 10.3. The van der Waals surface area contributed by atoms with Crippen LogP contribution in [0.4, 0.5) is 0 Å². The fourth-order valence-corrected chi connectivity index (χ4v) is 1.10. The van der Waals surface area contributed by atoms with Crippen molar-refractivity contribution in [3.63, 3.8) is 0 Å². The van der Waals surface area contributed by atoms with Crippen LogP contribution in [-0.2, 0) is 0 Å². The van der Waals surface area contributed by atoms with Gasteiger partial charge < -0.3 is 0 Å². The molecular weight excluding hydrogens is 132 g/mol. The van der Waals surface area contributed by atoms with E-state index in [1.807, 2.05) is 0 Å². The normalized spacial score (nSPS) is 30.5. The molecule has 0 bridgehead atoms. The maximum Gasteiger partial charge on any atom is 0.438 e. The van der Waals surface area contributed by atoms with Gasteiger partial charge in [0.1, 0.15) is 0 Å². The van der Waals surface area contributed by atoms with Gasteiger partial charge in [0.2, 0.25) is 0 Å². The van der Waals surface area contributed by atoms with Crippen molar-refractivity contribution in [1.29, 1.82) is 0 Å². The summed E-state index contributed by atoms with van der Waals surface area (Å²) < 4.78 is 4.35. The predicted molar refractivity (Wildman–Crippen MR) is 33.6 cm³/mol. The van der Waals surface area contributed by atoms with Gasteiger partial charge in [0.05, 0.1) is 0 Å². The van der Waals surface area contributed by atoms with E-state index >= 15 is 0 Å². The Morgan fingerprint density at radius 1 is 1.80 bits per heavy atom. The number of hydrogen-bond acceptors (Lipinski definition) is 3. The predicted octanol–water partition coefficient (Wildman–Crippen LogP) is 0.486. The number of aromatic nitrogens is 2. The van der Waals surface area contributed by atoms with Crippen molar-refractivity contribution in [3.8, 4) is 0 Å². The fraction of sp³-hybridized carbons (Fsp3) is 0.667. The minimum Gasteiger partial charge on any atom is -0.296 e. The van der Waals surface area contributed by atoms with Crippen molar-refractivity contribution in [2.75, 3.05) is 0 Å². The van der Waals surface area contributed by atoms with E-state index in [-0.39, 0.29) is 0 Å². The zero-order chi connectivity index (χ0) is 7.14. The standard InChI is InChI=1S/C6H8N2O2/c1-3-2-4(3)5-7-6(9)10-8-5/h3-4H,2H2,1H3,(H,7,8,9). The van der Waals surface area contributed by atoms with Crippen LogP contribution in [-0.4, -0.2) is 10.1 Å². The van der Waals surface area contributed by atoms with Crippen LogP contribution in [0.3, 0.4) is 0 Å². The molecule has 10 heavy (non-hydrogen) atoms. The number of hydrogen-bond donors (Lipinski definition) is 1. The summed E-state index contributed by atoms with van der Waals surface area (Å²) in [5.41, 5.74) is 0. The molecule has 4 heteroatoms. The molecule has 1 heterocycles. The van der Waals surface area contributed by atoms with Gasteiger partial charge >= 0.3 is 5.76 Å². The van der Waals surface area contributed by atoms with Gasteiger partial charge in [0.15, 0.2) is 5.82 Å². The first-order chi connectivity index (χ1) is 4.77. The van der Waals surface area contributed by atoms with Crippen LogP contribution < -0.4 is 5.76 Å². The molecule has 4 nitrogen and oxygen atoms in total. The maximum atomic E-state index is 10.4. The Labute approximate surface area is 57.2 Å². The lowest BCUT2D eigenvalue weighted by molar-refractivity contribution is 0.381. The van der Waals surface area contributed by atoms with Crippen LogP contribution in [0.25, 0.3) is 0 Å². The molecule has 1 N–H and O–H groups in total. The third kappa shape index (κ3) is 0.761. The highest BCUT2D eigenvalue weighted by molar-refractivity contribution is 5.05. The van der Waals surface area contributed by atoms with Crippen LogP contribution in [0.15, 0.2) is 9.32 Å². The Morgan fingerprint density at radius 2 is 2.50 bits per heavy atom. The molecule has 2 atom stereocenters. The minimum atomic E-state index is -0.450. The first-order valence-corrected chi connectivity index (χ1v) is 3.33. The summed E-state index contributed by atoms with van der Waals surface area (Å²) in [5, 5.41) is 3.59. The summed E-state index contributed by atoms with van der Waals surface area (Å²) in [4.78, 5) is 13.0. The third-order valence-corrected chi connectivity index (χ3v) is 1.92. The SMILES string of the molecule is CC1CC1c1noc(=O)[nH]1. The summed E-state index contributed by atoms with van der Waals surface area (Å²) >= 11 is 0. The number of nitrogens with one attached hydrogen (secondary N) is 1. The zero-order valence-corrected chi connectivity index (χ0v) is 5.63. The van der Waals surface area contributed by atoms with Gasteiger partial charge in [0, 0.05) is 5.92 Å². The summed E-state index contributed by atoms with van der Waals surface area (Å²) in [7, 11) is 0. The van der Waals surface area contributed by atoms with E-state index in [9.17, 15) is 4.79 Å². The molecule has 0 spiro atoms. The maximum absolute atomic E-state index is 10.4. The molecule has 2 rings (SSSR count). The average Bonchev–Trinajstić information content (AvgIpc) is 2.42. The van der Waals surface area contributed by atoms with E-state index < -0.39 is 5.76 Å². The number of rotatable bonds is 1. The zero-order valence-electron chi connectivity index (χ0n) is 5.63. The van der Waals surface area contributed by atoms with Crippen molar-refractivity contribution in [2.45, 2.75) is 19.3 Å². The average molecular weight is 140 g/mol. The Bertz CT molecular complexity index is 288. The molecule has 1 aromatic heterocycles. The van der Waals surface area contributed by atoms with E-state index in [0.29, 0.717) is 17.7 Å². The van der Waals surface area contributed by atoms with Crippen molar-refractivity contribution >= 4 is 0 Å². The molecule has 1 fully saturated rings. The van der Waals surface area contributed by atoms with E-state index in [1.165, 1.54) is 0 Å². The molecule has 0 radical (unpaired) electrons. The lowest BCUT2D eigenvalue weighted by Gasteiger charge is -1.82. The number of H-pyrrole nitrogens is 1. The summed E-state index contributed by atoms with van der Waals surface area (Å²) in [5.74, 6) is 1.35. The molecule has 2 unspecified atom stereocenters. The molecule has 0 aromatic carbocycles. The monoisotopic (exact) mass is 140 g/mol. The van der Waals surface area contributed by atoms with Crippen molar-refractivity contribution in [2.24, 2.45) is 5.92 Å². The largest absolute Gasteiger partial charge is 0.438 e. The second-order valence-electron chi connectivity index (χ2n) is 2.80. The lowest BCUT2D eigenvalue weighted by Crippen LogP contribution is -1.96. The van der Waals surface area contributed by atoms with Crippen LogP contribution in [0.1, 0.15) is 25.1 Å². The second kappa shape index (κ2) is 1.71. The summed E-state index contributed by atoms with van der Waals surface area (Å²) in [6, 6.07) is 0. The first-order valence-electron chi connectivity index (χ1n) is 3.33. The molecule has 0 amide bonds. The summed E-state index contributed by atoms with van der Waals surface area (Å²) in [6.45, 7) is 2.12. The third-order valence-electron chi connectivity index (χ3n) is 1.92. The van der Waals surface area contributed by atoms with Crippen LogP contribution in [0, 0.1) is 5.92 Å². The van der Waals surface area contributed by atoms with Gasteiger partial charge in [-0.3, -0.25) is 9.51 Å². The van der Waals surface area contributed by atoms with Crippen LogP contribution >= 0.6 is 0 Å². The van der Waals surface area contributed by atoms with Crippen LogP contribution in [0.5, 0.6) is 0 Å². The molecule has 1 saturated carbocycles. The van der Waals surface area contributed by atoms with Gasteiger partial charge in [0.25, 0.3) is 0 Å². The van der Waals surface area contributed by atoms with Gasteiger partial charge in [-0.05, 0) is 12.3 Å². The topological polar surface area (TPSA) is 58.9 Å². The molecule has 0 saturated heterocycles. The summed E-state index contributed by atoms with van der Waals surface area (Å²) in [6.07, 6.45) is 1.11. The fourth-order valence-electron chi connectivity index (χ4n) is 1.10. The number of aromatic amines is 1. The molecule has 0 aliphatic heterocycles. The molecule has 54 valence electrons. The van der Waals surface area contributed by atoms with Crippen molar-refractivity contribution in [1.82, 2.24) is 10.1 Å². The quantitative estimate of drug-likeness (QED) is 0.617. The van der Waals surface area contributed by atoms with Gasteiger partial charge in [-0.1, -0.05) is 12.1 Å². The Morgan fingerprint density at radius 3 is 2.90 bits per heavy atom. The highest BCUT2D eigenvalue weighted by atomic mass is 16.5. The first kappa shape index (κ1) is 5.70.